The molecule has 0 aromatic carbocycles. The molecule has 2 radical (unpaired) electrons. The first-order valence-electron chi connectivity index (χ1n) is 3.18. The van der Waals surface area contributed by atoms with Crippen LogP contribution in [0.5, 0.6) is 0 Å². The smallest absolute Gasteiger partial charge is 0.206 e. The number of hydrogen-bond donors (Lipinski definition) is 0. The van der Waals surface area contributed by atoms with Crippen LogP contribution in [0.4, 0.5) is 0 Å². The van der Waals surface area contributed by atoms with Gasteiger partial charge >= 0.3 is 0 Å². The molecule has 1 aliphatic heterocycles. The zero-order valence-corrected chi connectivity index (χ0v) is 5.28. The SMILES string of the molecule is O=C1[C]OC2C=CC=CC12. The minimum absolute atomic E-state index is 0.0504. The lowest BCUT2D eigenvalue weighted by Crippen LogP contribution is -2.17. The molecule has 1 heterocycles. The minimum Gasteiger partial charge on any atom is -0.351 e. The molecule has 0 aromatic heterocycles. The maximum Gasteiger partial charge on any atom is 0.206 e. The molecule has 2 nitrogen and oxygen atoms in total. The second kappa shape index (κ2) is 2.06. The van der Waals surface area contributed by atoms with Gasteiger partial charge in [-0.3, -0.25) is 4.79 Å². The normalized spacial score (nSPS) is 36.6. The van der Waals surface area contributed by atoms with Crippen LogP contribution in [0.2, 0.25) is 0 Å². The number of rotatable bonds is 0. The van der Waals surface area contributed by atoms with Crippen LogP contribution in [0.25, 0.3) is 0 Å². The second-order valence-corrected chi connectivity index (χ2v) is 2.34. The summed E-state index contributed by atoms with van der Waals surface area (Å²) in [5.74, 6) is -0.157. The Bertz CT molecular complexity index is 215. The summed E-state index contributed by atoms with van der Waals surface area (Å²) in [6, 6.07) is 0. The number of ketones is 1. The molecule has 0 bridgehead atoms. The van der Waals surface area contributed by atoms with E-state index in [1.165, 1.54) is 0 Å². The Morgan fingerprint density at radius 3 is 3.00 bits per heavy atom. The van der Waals surface area contributed by atoms with Crippen molar-refractivity contribution < 1.29 is 9.53 Å². The van der Waals surface area contributed by atoms with Crippen LogP contribution in [-0.4, -0.2) is 11.9 Å². The molecule has 0 spiro atoms. The van der Waals surface area contributed by atoms with Gasteiger partial charge in [0.2, 0.25) is 6.61 Å². The molecule has 10 heavy (non-hydrogen) atoms. The highest BCUT2D eigenvalue weighted by molar-refractivity contribution is 5.92. The molecular weight excluding hydrogens is 128 g/mol. The molecule has 0 aromatic rings. The summed E-state index contributed by atoms with van der Waals surface area (Å²) in [6.45, 7) is 2.32. The summed E-state index contributed by atoms with van der Waals surface area (Å²) in [5.41, 5.74) is 0. The summed E-state index contributed by atoms with van der Waals surface area (Å²) >= 11 is 0. The number of carbonyl (C=O) groups is 1. The molecule has 2 aliphatic rings. The van der Waals surface area contributed by atoms with Crippen molar-refractivity contribution in [2.45, 2.75) is 6.10 Å². The van der Waals surface area contributed by atoms with E-state index in [1.54, 1.807) is 0 Å². The molecule has 1 aliphatic carbocycles. The Morgan fingerprint density at radius 2 is 2.20 bits per heavy atom. The van der Waals surface area contributed by atoms with Gasteiger partial charge in [0.1, 0.15) is 0 Å². The molecule has 0 N–H and O–H groups in total. The van der Waals surface area contributed by atoms with Gasteiger partial charge in [-0.15, -0.1) is 0 Å². The molecule has 2 heteroatoms. The Labute approximate surface area is 59.2 Å². The highest BCUT2D eigenvalue weighted by atomic mass is 16.5. The summed E-state index contributed by atoms with van der Waals surface area (Å²) < 4.78 is 4.93. The van der Waals surface area contributed by atoms with Gasteiger partial charge in [-0.25, -0.2) is 0 Å². The molecule has 2 unspecified atom stereocenters. The van der Waals surface area contributed by atoms with E-state index in [4.69, 9.17) is 4.74 Å². The van der Waals surface area contributed by atoms with Crippen LogP contribution in [0.1, 0.15) is 0 Å². The van der Waals surface area contributed by atoms with Crippen molar-refractivity contribution in [3.05, 3.63) is 30.9 Å². The van der Waals surface area contributed by atoms with Gasteiger partial charge in [-0.05, 0) is 0 Å². The topological polar surface area (TPSA) is 26.3 Å². The van der Waals surface area contributed by atoms with Gasteiger partial charge < -0.3 is 4.74 Å². The van der Waals surface area contributed by atoms with E-state index < -0.39 is 0 Å². The first-order valence-corrected chi connectivity index (χ1v) is 3.18. The predicted octanol–water partition coefficient (Wildman–Crippen LogP) is 0.735. The van der Waals surface area contributed by atoms with Crippen LogP contribution in [0.3, 0.4) is 0 Å². The lowest BCUT2D eigenvalue weighted by molar-refractivity contribution is -0.117. The second-order valence-electron chi connectivity index (χ2n) is 2.34. The standard InChI is InChI=1S/C8H6O2/c9-7-5-10-8-4-2-1-3-6(7)8/h1-4,6,8H. The van der Waals surface area contributed by atoms with Gasteiger partial charge in [-0.1, -0.05) is 24.3 Å². The van der Waals surface area contributed by atoms with Crippen molar-refractivity contribution >= 4 is 5.78 Å². The average Bonchev–Trinajstić information content (AvgIpc) is 2.34. The van der Waals surface area contributed by atoms with Crippen molar-refractivity contribution in [1.82, 2.24) is 0 Å². The Balaban J connectivity index is 2.27. The van der Waals surface area contributed by atoms with Gasteiger partial charge in [0.15, 0.2) is 5.78 Å². The molecule has 0 amide bonds. The molecule has 1 saturated heterocycles. The zero-order valence-electron chi connectivity index (χ0n) is 5.28. The van der Waals surface area contributed by atoms with Crippen LogP contribution in [0, 0.1) is 12.5 Å². The maximum absolute atomic E-state index is 10.9. The van der Waals surface area contributed by atoms with E-state index in [0.717, 1.165) is 0 Å². The van der Waals surface area contributed by atoms with E-state index in [2.05, 4.69) is 6.61 Å². The third-order valence-electron chi connectivity index (χ3n) is 1.68. The van der Waals surface area contributed by atoms with E-state index in [1.807, 2.05) is 24.3 Å². The number of fused-ring (bicyclic) bond motifs is 1. The Morgan fingerprint density at radius 1 is 1.40 bits per heavy atom. The quantitative estimate of drug-likeness (QED) is 0.488. The lowest BCUT2D eigenvalue weighted by Gasteiger charge is -2.10. The van der Waals surface area contributed by atoms with Gasteiger partial charge in [-0.2, -0.15) is 0 Å². The third-order valence-corrected chi connectivity index (χ3v) is 1.68. The summed E-state index contributed by atoms with van der Waals surface area (Å²) in [5, 5.41) is 0. The first kappa shape index (κ1) is 5.86. The molecule has 50 valence electrons. The average molecular weight is 134 g/mol. The van der Waals surface area contributed by atoms with E-state index in [-0.39, 0.29) is 17.8 Å². The van der Waals surface area contributed by atoms with Gasteiger partial charge in [0, 0.05) is 0 Å². The molecule has 1 fully saturated rings. The Kier molecular flexibility index (Phi) is 1.21. The van der Waals surface area contributed by atoms with E-state index >= 15 is 0 Å². The van der Waals surface area contributed by atoms with Crippen LogP contribution in [-0.2, 0) is 9.53 Å². The first-order chi connectivity index (χ1) is 4.88. The van der Waals surface area contributed by atoms with Gasteiger partial charge in [0.25, 0.3) is 0 Å². The molecular formula is C8H6O2. The fourth-order valence-electron chi connectivity index (χ4n) is 1.13. The van der Waals surface area contributed by atoms with Crippen molar-refractivity contribution in [3.8, 4) is 0 Å². The molecule has 2 rings (SSSR count). The van der Waals surface area contributed by atoms with Crippen molar-refractivity contribution in [2.24, 2.45) is 5.92 Å². The van der Waals surface area contributed by atoms with E-state index in [9.17, 15) is 4.79 Å². The number of ether oxygens (including phenoxy) is 1. The zero-order chi connectivity index (χ0) is 6.97. The number of allylic oxidation sites excluding steroid dienone is 2. The minimum atomic E-state index is -0.106. The summed E-state index contributed by atoms with van der Waals surface area (Å²) in [7, 11) is 0. The maximum atomic E-state index is 10.9. The monoisotopic (exact) mass is 134 g/mol. The fraction of sp³-hybridized carbons (Fsp3) is 0.250. The lowest BCUT2D eigenvalue weighted by atomic mass is 9.96. The highest BCUT2D eigenvalue weighted by Crippen LogP contribution is 2.25. The largest absolute Gasteiger partial charge is 0.351 e. The molecule has 2 atom stereocenters. The van der Waals surface area contributed by atoms with Crippen molar-refractivity contribution in [2.75, 3.05) is 0 Å². The van der Waals surface area contributed by atoms with E-state index in [0.29, 0.717) is 0 Å². The number of Topliss-reactive ketones (excluding diaryl/α,β-unsaturated/α-hetero) is 1. The van der Waals surface area contributed by atoms with Crippen LogP contribution in [0.15, 0.2) is 24.3 Å². The molecule has 0 saturated carbocycles. The van der Waals surface area contributed by atoms with Gasteiger partial charge in [0.05, 0.1) is 12.0 Å². The van der Waals surface area contributed by atoms with Crippen LogP contribution >= 0.6 is 0 Å². The number of carbonyl (C=O) groups excluding carboxylic acids is 1. The predicted molar refractivity (Wildman–Crippen MR) is 34.9 cm³/mol. The third kappa shape index (κ3) is 0.727. The fourth-order valence-corrected chi connectivity index (χ4v) is 1.13. The Hall–Kier alpha value is -0.890. The van der Waals surface area contributed by atoms with Crippen LogP contribution < -0.4 is 0 Å². The highest BCUT2D eigenvalue weighted by Gasteiger charge is 2.34. The summed E-state index contributed by atoms with van der Waals surface area (Å²) in [4.78, 5) is 10.9. The summed E-state index contributed by atoms with van der Waals surface area (Å²) in [6.07, 6.45) is 7.35. The van der Waals surface area contributed by atoms with Crippen molar-refractivity contribution in [3.63, 3.8) is 0 Å². The van der Waals surface area contributed by atoms with Crippen molar-refractivity contribution in [1.29, 1.82) is 0 Å². The number of hydrogen-bond acceptors (Lipinski definition) is 2.